The Morgan fingerprint density at radius 1 is 1.17 bits per heavy atom. The molecule has 2 nitrogen and oxygen atoms in total. The molecule has 2 rings (SSSR count). The highest BCUT2D eigenvalue weighted by atomic mass is 35.5. The van der Waals surface area contributed by atoms with E-state index in [0.29, 0.717) is 10.8 Å². The number of hydrogen-bond acceptors (Lipinski definition) is 2. The summed E-state index contributed by atoms with van der Waals surface area (Å²) in [7, 11) is 1.50. The fraction of sp³-hybridized carbons (Fsp3) is 0.333. The Hall–Kier alpha value is -1.41. The number of halogens is 1. The number of phenolic OH excluding ortho intramolecular Hbond substituents is 1. The van der Waals surface area contributed by atoms with Crippen LogP contribution in [0.5, 0.6) is 11.5 Å². The molecule has 0 saturated carbocycles. The maximum atomic E-state index is 10.2. The summed E-state index contributed by atoms with van der Waals surface area (Å²) in [4.78, 5) is 0. The van der Waals surface area contributed by atoms with Gasteiger partial charge in [-0.2, -0.15) is 0 Å². The van der Waals surface area contributed by atoms with Crippen molar-refractivity contribution in [2.45, 2.75) is 26.2 Å². The van der Waals surface area contributed by atoms with E-state index in [0.717, 1.165) is 16.3 Å². The SMILES string of the molecule is COc1c(Cl)cc2ccc(C(C)(C)C)cc2c1O. The van der Waals surface area contributed by atoms with E-state index in [1.807, 2.05) is 18.2 Å². The first-order valence-electron chi connectivity index (χ1n) is 5.84. The Kier molecular flexibility index (Phi) is 3.16. The van der Waals surface area contributed by atoms with Gasteiger partial charge < -0.3 is 9.84 Å². The van der Waals surface area contributed by atoms with E-state index in [1.165, 1.54) is 7.11 Å². The van der Waals surface area contributed by atoms with E-state index in [-0.39, 0.29) is 11.2 Å². The van der Waals surface area contributed by atoms with E-state index in [2.05, 4.69) is 26.8 Å². The summed E-state index contributed by atoms with van der Waals surface area (Å²) in [6.45, 7) is 6.41. The summed E-state index contributed by atoms with van der Waals surface area (Å²) < 4.78 is 5.13. The zero-order chi connectivity index (χ0) is 13.5. The van der Waals surface area contributed by atoms with Crippen LogP contribution in [0.1, 0.15) is 26.3 Å². The Morgan fingerprint density at radius 3 is 2.39 bits per heavy atom. The van der Waals surface area contributed by atoms with E-state index < -0.39 is 0 Å². The number of aromatic hydroxyl groups is 1. The maximum Gasteiger partial charge on any atom is 0.179 e. The molecule has 0 fully saturated rings. The minimum atomic E-state index is 0.0352. The number of ether oxygens (including phenoxy) is 1. The van der Waals surface area contributed by atoms with Crippen LogP contribution < -0.4 is 4.74 Å². The number of hydrogen-bond donors (Lipinski definition) is 1. The summed E-state index contributed by atoms with van der Waals surface area (Å²) in [5.74, 6) is 0.432. The van der Waals surface area contributed by atoms with Gasteiger partial charge in [0.1, 0.15) is 0 Å². The smallest absolute Gasteiger partial charge is 0.179 e. The van der Waals surface area contributed by atoms with Crippen molar-refractivity contribution in [3.63, 3.8) is 0 Å². The lowest BCUT2D eigenvalue weighted by atomic mass is 9.86. The number of rotatable bonds is 1. The molecule has 3 heteroatoms. The molecule has 0 radical (unpaired) electrons. The quantitative estimate of drug-likeness (QED) is 0.821. The minimum Gasteiger partial charge on any atom is -0.504 e. The minimum absolute atomic E-state index is 0.0352. The van der Waals surface area contributed by atoms with Gasteiger partial charge in [0.05, 0.1) is 12.1 Å². The largest absolute Gasteiger partial charge is 0.504 e. The van der Waals surface area contributed by atoms with Crippen LogP contribution in [-0.2, 0) is 5.41 Å². The summed E-state index contributed by atoms with van der Waals surface area (Å²) in [6.07, 6.45) is 0. The Morgan fingerprint density at radius 2 is 1.83 bits per heavy atom. The number of phenols is 1. The molecule has 0 bridgehead atoms. The molecule has 0 aliphatic rings. The average molecular weight is 265 g/mol. The normalized spacial score (nSPS) is 11.8. The summed E-state index contributed by atoms with van der Waals surface area (Å²) in [5.41, 5.74) is 1.20. The van der Waals surface area contributed by atoms with E-state index in [1.54, 1.807) is 0 Å². The number of benzene rings is 2. The molecule has 0 aliphatic heterocycles. The molecule has 0 atom stereocenters. The van der Waals surface area contributed by atoms with Crippen LogP contribution in [-0.4, -0.2) is 12.2 Å². The molecular formula is C15H17ClO2. The van der Waals surface area contributed by atoms with Gasteiger partial charge in [-0.3, -0.25) is 0 Å². The summed E-state index contributed by atoms with van der Waals surface area (Å²) in [6, 6.07) is 7.83. The summed E-state index contributed by atoms with van der Waals surface area (Å²) >= 11 is 6.05. The van der Waals surface area contributed by atoms with Gasteiger partial charge in [-0.15, -0.1) is 0 Å². The van der Waals surface area contributed by atoms with E-state index in [9.17, 15) is 5.11 Å². The second kappa shape index (κ2) is 4.36. The second-order valence-corrected chi connectivity index (χ2v) is 5.83. The maximum absolute atomic E-state index is 10.2. The average Bonchev–Trinajstić information content (AvgIpc) is 2.27. The summed E-state index contributed by atoms with van der Waals surface area (Å²) in [5, 5.41) is 12.3. The highest BCUT2D eigenvalue weighted by Gasteiger charge is 2.17. The third kappa shape index (κ3) is 2.13. The van der Waals surface area contributed by atoms with Gasteiger partial charge >= 0.3 is 0 Å². The molecule has 1 N–H and O–H groups in total. The van der Waals surface area contributed by atoms with Gasteiger partial charge in [-0.1, -0.05) is 44.5 Å². The predicted molar refractivity (Wildman–Crippen MR) is 75.9 cm³/mol. The van der Waals surface area contributed by atoms with Crippen molar-refractivity contribution in [2.75, 3.05) is 7.11 Å². The molecule has 0 heterocycles. The fourth-order valence-corrected chi connectivity index (χ4v) is 2.27. The van der Waals surface area contributed by atoms with Crippen LogP contribution >= 0.6 is 11.6 Å². The van der Waals surface area contributed by atoms with Crippen molar-refractivity contribution in [3.05, 3.63) is 34.9 Å². The molecule has 2 aromatic rings. The lowest BCUT2D eigenvalue weighted by Gasteiger charge is -2.20. The molecule has 0 spiro atoms. The van der Waals surface area contributed by atoms with Crippen molar-refractivity contribution < 1.29 is 9.84 Å². The molecule has 0 aromatic heterocycles. The van der Waals surface area contributed by atoms with Crippen molar-refractivity contribution in [1.29, 1.82) is 0 Å². The fourth-order valence-electron chi connectivity index (χ4n) is 1.99. The van der Waals surface area contributed by atoms with Crippen LogP contribution in [0.25, 0.3) is 10.8 Å². The zero-order valence-corrected chi connectivity index (χ0v) is 11.8. The molecule has 96 valence electrons. The first kappa shape index (κ1) is 13.0. The second-order valence-electron chi connectivity index (χ2n) is 5.43. The van der Waals surface area contributed by atoms with Crippen molar-refractivity contribution >= 4 is 22.4 Å². The molecule has 2 aromatic carbocycles. The Bertz CT molecular complexity index is 597. The first-order valence-corrected chi connectivity index (χ1v) is 6.22. The van der Waals surface area contributed by atoms with E-state index >= 15 is 0 Å². The third-order valence-corrected chi connectivity index (χ3v) is 3.37. The van der Waals surface area contributed by atoms with E-state index in [4.69, 9.17) is 16.3 Å². The van der Waals surface area contributed by atoms with Crippen molar-refractivity contribution in [1.82, 2.24) is 0 Å². The molecular weight excluding hydrogens is 248 g/mol. The van der Waals surface area contributed by atoms with Gasteiger partial charge in [0, 0.05) is 5.39 Å². The highest BCUT2D eigenvalue weighted by Crippen LogP contribution is 2.41. The van der Waals surface area contributed by atoms with Crippen molar-refractivity contribution in [3.8, 4) is 11.5 Å². The Labute approximate surface area is 112 Å². The van der Waals surface area contributed by atoms with Gasteiger partial charge in [-0.05, 0) is 28.5 Å². The molecule has 18 heavy (non-hydrogen) atoms. The molecule has 0 aliphatic carbocycles. The van der Waals surface area contributed by atoms with Crippen LogP contribution in [0, 0.1) is 0 Å². The topological polar surface area (TPSA) is 29.5 Å². The Balaban J connectivity index is 2.76. The first-order chi connectivity index (χ1) is 8.34. The lowest BCUT2D eigenvalue weighted by molar-refractivity contribution is 0.376. The van der Waals surface area contributed by atoms with Crippen molar-refractivity contribution in [2.24, 2.45) is 0 Å². The third-order valence-electron chi connectivity index (χ3n) is 3.09. The lowest BCUT2D eigenvalue weighted by Crippen LogP contribution is -2.10. The molecule has 0 unspecified atom stereocenters. The monoisotopic (exact) mass is 264 g/mol. The van der Waals surface area contributed by atoms with Crippen LogP contribution in [0.15, 0.2) is 24.3 Å². The molecule has 0 saturated heterocycles. The standard InChI is InChI=1S/C15H17ClO2/c1-15(2,3)10-6-5-9-7-12(16)14(18-4)13(17)11(9)8-10/h5-8,17H,1-4H3. The van der Waals surface area contributed by atoms with Gasteiger partial charge in [0.2, 0.25) is 0 Å². The van der Waals surface area contributed by atoms with Crippen LogP contribution in [0.2, 0.25) is 5.02 Å². The van der Waals surface area contributed by atoms with Crippen LogP contribution in [0.3, 0.4) is 0 Å². The highest BCUT2D eigenvalue weighted by molar-refractivity contribution is 6.33. The van der Waals surface area contributed by atoms with Gasteiger partial charge in [0.25, 0.3) is 0 Å². The number of fused-ring (bicyclic) bond motifs is 1. The van der Waals surface area contributed by atoms with Gasteiger partial charge in [0.15, 0.2) is 11.5 Å². The van der Waals surface area contributed by atoms with Gasteiger partial charge in [-0.25, -0.2) is 0 Å². The molecule has 0 amide bonds. The van der Waals surface area contributed by atoms with Crippen LogP contribution in [0.4, 0.5) is 0 Å². The zero-order valence-electron chi connectivity index (χ0n) is 11.0. The number of methoxy groups -OCH3 is 1. The predicted octanol–water partition coefficient (Wildman–Crippen LogP) is 4.50.